The zero-order valence-corrected chi connectivity index (χ0v) is 13.9. The number of benzene rings is 1. The average Bonchev–Trinajstić information content (AvgIpc) is 2.44. The van der Waals surface area contributed by atoms with Crippen molar-refractivity contribution in [3.05, 3.63) is 47.3 Å². The van der Waals surface area contributed by atoms with Crippen molar-refractivity contribution in [2.45, 2.75) is 44.9 Å². The second kappa shape index (κ2) is 6.87. The number of hydrogen-bond acceptors (Lipinski definition) is 4. The Kier molecular flexibility index (Phi) is 5.13. The van der Waals surface area contributed by atoms with E-state index < -0.39 is 10.0 Å². The summed E-state index contributed by atoms with van der Waals surface area (Å²) < 4.78 is 27.2. The Morgan fingerprint density at radius 3 is 2.41 bits per heavy atom. The van der Waals surface area contributed by atoms with Crippen LogP contribution < -0.4 is 4.72 Å². The average molecular weight is 319 g/mol. The van der Waals surface area contributed by atoms with Gasteiger partial charge in [-0.2, -0.15) is 0 Å². The van der Waals surface area contributed by atoms with Gasteiger partial charge in [-0.15, -0.1) is 0 Å². The third-order valence-corrected chi connectivity index (χ3v) is 4.59. The van der Waals surface area contributed by atoms with Crippen LogP contribution in [-0.4, -0.2) is 18.4 Å². The molecule has 1 aromatic heterocycles. The smallest absolute Gasteiger partial charge is 0.247 e. The Bertz CT molecular complexity index is 740. The summed E-state index contributed by atoms with van der Waals surface area (Å²) in [6, 6.07) is 8.56. The number of hydrogen-bond donors (Lipinski definition) is 1. The van der Waals surface area contributed by atoms with E-state index in [0.717, 1.165) is 36.2 Å². The number of nitrogens with zero attached hydrogens (tertiary/aromatic N) is 2. The van der Waals surface area contributed by atoms with E-state index in [2.05, 4.69) is 21.6 Å². The van der Waals surface area contributed by atoms with E-state index in [1.807, 2.05) is 19.9 Å². The van der Waals surface area contributed by atoms with Gasteiger partial charge in [0, 0.05) is 11.4 Å². The minimum absolute atomic E-state index is 0.131. The molecule has 0 bridgehead atoms. The number of nitrogens with one attached hydrogen (secondary N) is 1. The van der Waals surface area contributed by atoms with Gasteiger partial charge < -0.3 is 0 Å². The molecule has 0 atom stereocenters. The van der Waals surface area contributed by atoms with Gasteiger partial charge in [-0.3, -0.25) is 0 Å². The van der Waals surface area contributed by atoms with E-state index in [1.165, 1.54) is 0 Å². The number of aromatic nitrogens is 2. The first kappa shape index (κ1) is 16.4. The van der Waals surface area contributed by atoms with Crippen LogP contribution in [0.3, 0.4) is 0 Å². The zero-order chi connectivity index (χ0) is 16.2. The summed E-state index contributed by atoms with van der Waals surface area (Å²) in [6.45, 7) is 5.85. The molecule has 0 amide bonds. The summed E-state index contributed by atoms with van der Waals surface area (Å²) in [5, 5.41) is 0. The summed E-state index contributed by atoms with van der Waals surface area (Å²) in [5.74, 6) is 0.131. The van der Waals surface area contributed by atoms with Crippen LogP contribution in [0.5, 0.6) is 0 Å². The van der Waals surface area contributed by atoms with Crippen LogP contribution in [0.15, 0.2) is 35.2 Å². The molecule has 0 aliphatic heterocycles. The van der Waals surface area contributed by atoms with E-state index in [-0.39, 0.29) is 10.8 Å². The number of anilines is 1. The minimum atomic E-state index is -3.66. The standard InChI is InChI=1S/C16H21N3O2S/c1-4-5-6-14-11-13(3)17-16(18-14)19-22(20,21)15-9-7-12(2)8-10-15/h7-11H,4-6H2,1-3H3,(H,17,18,19). The van der Waals surface area contributed by atoms with Crippen molar-refractivity contribution in [3.8, 4) is 0 Å². The van der Waals surface area contributed by atoms with Gasteiger partial charge in [-0.25, -0.2) is 23.1 Å². The fourth-order valence-corrected chi connectivity index (χ4v) is 3.01. The monoisotopic (exact) mass is 319 g/mol. The molecule has 0 aliphatic carbocycles. The summed E-state index contributed by atoms with van der Waals surface area (Å²) in [6.07, 6.45) is 2.90. The maximum absolute atomic E-state index is 12.4. The number of sulfonamides is 1. The number of unbranched alkanes of at least 4 members (excludes halogenated alkanes) is 1. The van der Waals surface area contributed by atoms with Crippen molar-refractivity contribution >= 4 is 16.0 Å². The van der Waals surface area contributed by atoms with Crippen molar-refractivity contribution in [2.75, 3.05) is 4.72 Å². The highest BCUT2D eigenvalue weighted by Gasteiger charge is 2.16. The van der Waals surface area contributed by atoms with Crippen LogP contribution in [0.1, 0.15) is 36.7 Å². The third-order valence-electron chi connectivity index (χ3n) is 3.25. The number of rotatable bonds is 6. The van der Waals surface area contributed by atoms with Gasteiger partial charge in [0.25, 0.3) is 10.0 Å². The maximum Gasteiger partial charge on any atom is 0.264 e. The summed E-state index contributed by atoms with van der Waals surface area (Å²) in [5.41, 5.74) is 2.62. The largest absolute Gasteiger partial charge is 0.264 e. The SMILES string of the molecule is CCCCc1cc(C)nc(NS(=O)(=O)c2ccc(C)cc2)n1. The van der Waals surface area contributed by atoms with E-state index in [0.29, 0.717) is 0 Å². The van der Waals surface area contributed by atoms with Gasteiger partial charge in [0.15, 0.2) is 0 Å². The fraction of sp³-hybridized carbons (Fsp3) is 0.375. The Labute approximate surface area is 131 Å². The molecule has 0 saturated carbocycles. The third kappa shape index (κ3) is 4.27. The van der Waals surface area contributed by atoms with E-state index in [9.17, 15) is 8.42 Å². The molecule has 1 aromatic carbocycles. The van der Waals surface area contributed by atoms with Crippen molar-refractivity contribution < 1.29 is 8.42 Å². The van der Waals surface area contributed by atoms with Gasteiger partial charge in [-0.05, 0) is 44.9 Å². The zero-order valence-electron chi connectivity index (χ0n) is 13.1. The summed E-state index contributed by atoms with van der Waals surface area (Å²) in [4.78, 5) is 8.67. The lowest BCUT2D eigenvalue weighted by Crippen LogP contribution is -2.16. The molecule has 22 heavy (non-hydrogen) atoms. The molecule has 0 radical (unpaired) electrons. The van der Waals surface area contributed by atoms with Crippen LogP contribution in [-0.2, 0) is 16.4 Å². The molecule has 1 N–H and O–H groups in total. The Morgan fingerprint density at radius 1 is 1.09 bits per heavy atom. The van der Waals surface area contributed by atoms with E-state index in [4.69, 9.17) is 0 Å². The molecule has 0 fully saturated rings. The van der Waals surface area contributed by atoms with Gasteiger partial charge >= 0.3 is 0 Å². The van der Waals surface area contributed by atoms with E-state index >= 15 is 0 Å². The molecule has 118 valence electrons. The van der Waals surface area contributed by atoms with Crippen molar-refractivity contribution in [1.29, 1.82) is 0 Å². The normalized spacial score (nSPS) is 11.4. The minimum Gasteiger partial charge on any atom is -0.247 e. The molecule has 0 spiro atoms. The van der Waals surface area contributed by atoms with Crippen molar-refractivity contribution in [2.24, 2.45) is 0 Å². The van der Waals surface area contributed by atoms with Crippen LogP contribution in [0.2, 0.25) is 0 Å². The van der Waals surface area contributed by atoms with Crippen LogP contribution in [0.25, 0.3) is 0 Å². The Balaban J connectivity index is 2.25. The topological polar surface area (TPSA) is 72.0 Å². The maximum atomic E-state index is 12.4. The lowest BCUT2D eigenvalue weighted by atomic mass is 10.2. The van der Waals surface area contributed by atoms with Crippen LogP contribution in [0, 0.1) is 13.8 Å². The molecular formula is C16H21N3O2S. The van der Waals surface area contributed by atoms with Gasteiger partial charge in [0.05, 0.1) is 4.90 Å². The molecular weight excluding hydrogens is 298 g/mol. The quantitative estimate of drug-likeness (QED) is 0.887. The molecule has 5 nitrogen and oxygen atoms in total. The summed E-state index contributed by atoms with van der Waals surface area (Å²) in [7, 11) is -3.66. The first-order valence-corrected chi connectivity index (χ1v) is 8.83. The van der Waals surface area contributed by atoms with Crippen LogP contribution >= 0.6 is 0 Å². The van der Waals surface area contributed by atoms with Crippen molar-refractivity contribution in [3.63, 3.8) is 0 Å². The highest BCUT2D eigenvalue weighted by molar-refractivity contribution is 7.92. The van der Waals surface area contributed by atoms with E-state index in [1.54, 1.807) is 24.3 Å². The molecule has 0 unspecified atom stereocenters. The molecule has 6 heteroatoms. The molecule has 2 aromatic rings. The highest BCUT2D eigenvalue weighted by atomic mass is 32.2. The van der Waals surface area contributed by atoms with Gasteiger partial charge in [0.1, 0.15) is 0 Å². The Morgan fingerprint density at radius 2 is 1.77 bits per heavy atom. The second-order valence-corrected chi connectivity index (χ2v) is 7.03. The first-order valence-electron chi connectivity index (χ1n) is 7.35. The van der Waals surface area contributed by atoms with Crippen molar-refractivity contribution in [1.82, 2.24) is 9.97 Å². The lowest BCUT2D eigenvalue weighted by Gasteiger charge is -2.09. The first-order chi connectivity index (χ1) is 10.4. The predicted molar refractivity (Wildman–Crippen MR) is 87.4 cm³/mol. The molecule has 1 heterocycles. The lowest BCUT2D eigenvalue weighted by molar-refractivity contribution is 0.600. The molecule has 2 rings (SSSR count). The number of aryl methyl sites for hydroxylation is 3. The second-order valence-electron chi connectivity index (χ2n) is 5.35. The fourth-order valence-electron chi connectivity index (χ4n) is 2.06. The predicted octanol–water partition coefficient (Wildman–Crippen LogP) is 3.24. The van der Waals surface area contributed by atoms with Gasteiger partial charge in [0.2, 0.25) is 5.95 Å². The van der Waals surface area contributed by atoms with Gasteiger partial charge in [-0.1, -0.05) is 31.0 Å². The van der Waals surface area contributed by atoms with Crippen LogP contribution in [0.4, 0.5) is 5.95 Å². The summed E-state index contributed by atoms with van der Waals surface area (Å²) >= 11 is 0. The Hall–Kier alpha value is -1.95. The molecule has 0 saturated heterocycles. The molecule has 0 aliphatic rings. The highest BCUT2D eigenvalue weighted by Crippen LogP contribution is 2.15.